The molecule has 3 rings (SSSR count). The van der Waals surface area contributed by atoms with Crippen LogP contribution >= 0.6 is 15.9 Å². The van der Waals surface area contributed by atoms with Crippen molar-refractivity contribution in [1.29, 1.82) is 0 Å². The van der Waals surface area contributed by atoms with Crippen molar-refractivity contribution in [2.24, 2.45) is 0 Å². The van der Waals surface area contributed by atoms with E-state index in [1.165, 1.54) is 0 Å². The predicted molar refractivity (Wildman–Crippen MR) is 64.5 cm³/mol. The summed E-state index contributed by atoms with van der Waals surface area (Å²) in [5, 5.41) is 0. The lowest BCUT2D eigenvalue weighted by atomic mass is 10.3. The van der Waals surface area contributed by atoms with Crippen LogP contribution in [0.3, 0.4) is 0 Å². The normalized spacial score (nSPS) is 20.2. The van der Waals surface area contributed by atoms with Crippen molar-refractivity contribution in [2.75, 3.05) is 12.3 Å². The van der Waals surface area contributed by atoms with Gasteiger partial charge in [-0.25, -0.2) is 4.98 Å². The largest absolute Gasteiger partial charge is 0.369 e. The molecule has 0 saturated carbocycles. The molecule has 7 nitrogen and oxygen atoms in total. The first kappa shape index (κ1) is 10.7. The number of nitrogens with two attached hydrogens (primary N) is 1. The van der Waals surface area contributed by atoms with Gasteiger partial charge in [-0.2, -0.15) is 4.98 Å². The lowest BCUT2D eigenvalue weighted by molar-refractivity contribution is 0.0576. The van der Waals surface area contributed by atoms with E-state index in [0.717, 1.165) is 12.8 Å². The van der Waals surface area contributed by atoms with E-state index in [1.807, 2.05) is 0 Å². The SMILES string of the molecule is Nc1nc2c(nc(Br)n2C2CCCO2)c(=O)[nH]1. The molecule has 0 aromatic carbocycles. The Labute approximate surface area is 104 Å². The van der Waals surface area contributed by atoms with Crippen LogP contribution in [0.4, 0.5) is 5.95 Å². The Morgan fingerprint density at radius 1 is 1.53 bits per heavy atom. The van der Waals surface area contributed by atoms with Crippen molar-refractivity contribution >= 4 is 33.0 Å². The Kier molecular flexibility index (Phi) is 2.40. The highest BCUT2D eigenvalue weighted by Crippen LogP contribution is 2.29. The molecule has 2 aromatic heterocycles. The van der Waals surface area contributed by atoms with E-state index in [9.17, 15) is 4.79 Å². The zero-order valence-corrected chi connectivity index (χ0v) is 10.4. The maximum absolute atomic E-state index is 11.7. The highest BCUT2D eigenvalue weighted by Gasteiger charge is 2.24. The van der Waals surface area contributed by atoms with Gasteiger partial charge in [-0.15, -0.1) is 0 Å². The molecule has 1 fully saturated rings. The molecular formula is C9H10BrN5O2. The molecule has 8 heteroatoms. The van der Waals surface area contributed by atoms with Crippen molar-refractivity contribution in [2.45, 2.75) is 19.1 Å². The first-order chi connectivity index (χ1) is 8.16. The summed E-state index contributed by atoms with van der Waals surface area (Å²) < 4.78 is 7.85. The lowest BCUT2D eigenvalue weighted by Gasteiger charge is -2.12. The number of fused-ring (bicyclic) bond motifs is 1. The number of aromatic amines is 1. The Hall–Kier alpha value is -1.41. The molecule has 1 aliphatic heterocycles. The molecule has 1 unspecified atom stereocenters. The molecule has 0 aliphatic carbocycles. The molecule has 3 heterocycles. The number of hydrogen-bond donors (Lipinski definition) is 2. The topological polar surface area (TPSA) is 98.8 Å². The zero-order chi connectivity index (χ0) is 12.0. The van der Waals surface area contributed by atoms with E-state index in [-0.39, 0.29) is 23.3 Å². The lowest BCUT2D eigenvalue weighted by Crippen LogP contribution is -2.14. The van der Waals surface area contributed by atoms with Gasteiger partial charge in [0.2, 0.25) is 5.95 Å². The first-order valence-corrected chi connectivity index (χ1v) is 6.01. The maximum atomic E-state index is 11.7. The summed E-state index contributed by atoms with van der Waals surface area (Å²) in [5.41, 5.74) is 5.91. The monoisotopic (exact) mass is 299 g/mol. The number of aromatic nitrogens is 4. The number of anilines is 1. The summed E-state index contributed by atoms with van der Waals surface area (Å²) in [6.07, 6.45) is 1.72. The Morgan fingerprint density at radius 2 is 2.35 bits per heavy atom. The standard InChI is InChI=1S/C9H10BrN5O2/c10-8-12-5-6(13-9(11)14-7(5)16)15(8)4-2-1-3-17-4/h4H,1-3H2,(H3,11,13,14,16). The van der Waals surface area contributed by atoms with Crippen molar-refractivity contribution in [1.82, 2.24) is 19.5 Å². The third-order valence-electron chi connectivity index (χ3n) is 2.72. The number of rotatable bonds is 1. The molecule has 1 saturated heterocycles. The Bertz CT molecular complexity index is 628. The fourth-order valence-corrected chi connectivity index (χ4v) is 2.57. The van der Waals surface area contributed by atoms with Crippen LogP contribution in [0.1, 0.15) is 19.1 Å². The van der Waals surface area contributed by atoms with Crippen LogP contribution in [0.15, 0.2) is 9.53 Å². The van der Waals surface area contributed by atoms with Gasteiger partial charge in [0.1, 0.15) is 6.23 Å². The number of nitrogens with one attached hydrogen (secondary N) is 1. The number of nitrogens with zero attached hydrogens (tertiary/aromatic N) is 3. The summed E-state index contributed by atoms with van der Waals surface area (Å²) in [6.45, 7) is 0.704. The van der Waals surface area contributed by atoms with E-state index in [4.69, 9.17) is 10.5 Å². The maximum Gasteiger partial charge on any atom is 0.280 e. The van der Waals surface area contributed by atoms with Gasteiger partial charge in [0, 0.05) is 6.61 Å². The highest BCUT2D eigenvalue weighted by atomic mass is 79.9. The second-order valence-electron chi connectivity index (χ2n) is 3.84. The number of imidazole rings is 1. The number of hydrogen-bond acceptors (Lipinski definition) is 5. The minimum atomic E-state index is -0.343. The second kappa shape index (κ2) is 3.81. The molecule has 17 heavy (non-hydrogen) atoms. The van der Waals surface area contributed by atoms with Crippen molar-refractivity contribution in [3.63, 3.8) is 0 Å². The van der Waals surface area contributed by atoms with E-state index < -0.39 is 0 Å². The molecule has 0 bridgehead atoms. The minimum Gasteiger partial charge on any atom is -0.369 e. The van der Waals surface area contributed by atoms with Gasteiger partial charge >= 0.3 is 0 Å². The van der Waals surface area contributed by atoms with E-state index >= 15 is 0 Å². The molecule has 2 aromatic rings. The highest BCUT2D eigenvalue weighted by molar-refractivity contribution is 9.10. The molecule has 90 valence electrons. The zero-order valence-electron chi connectivity index (χ0n) is 8.81. The van der Waals surface area contributed by atoms with Gasteiger partial charge in [0.05, 0.1) is 0 Å². The Balaban J connectivity index is 2.29. The van der Waals surface area contributed by atoms with Gasteiger partial charge in [-0.1, -0.05) is 0 Å². The quantitative estimate of drug-likeness (QED) is 0.758. The van der Waals surface area contributed by atoms with E-state index in [1.54, 1.807) is 4.57 Å². The van der Waals surface area contributed by atoms with E-state index in [2.05, 4.69) is 30.9 Å². The van der Waals surface area contributed by atoms with Crippen molar-refractivity contribution in [3.05, 3.63) is 15.1 Å². The van der Waals surface area contributed by atoms with Gasteiger partial charge in [0.15, 0.2) is 15.9 Å². The average molecular weight is 300 g/mol. The molecule has 1 aliphatic rings. The van der Waals surface area contributed by atoms with Gasteiger partial charge < -0.3 is 10.5 Å². The molecule has 0 radical (unpaired) electrons. The minimum absolute atomic E-state index is 0.0779. The van der Waals surface area contributed by atoms with Crippen molar-refractivity contribution < 1.29 is 4.74 Å². The second-order valence-corrected chi connectivity index (χ2v) is 4.55. The smallest absolute Gasteiger partial charge is 0.280 e. The van der Waals surface area contributed by atoms with Gasteiger partial charge in [-0.05, 0) is 28.8 Å². The van der Waals surface area contributed by atoms with Crippen molar-refractivity contribution in [3.8, 4) is 0 Å². The van der Waals surface area contributed by atoms with Crippen LogP contribution in [0.5, 0.6) is 0 Å². The van der Waals surface area contributed by atoms with Crippen LogP contribution in [0, 0.1) is 0 Å². The fraction of sp³-hybridized carbons (Fsp3) is 0.444. The third-order valence-corrected chi connectivity index (χ3v) is 3.28. The predicted octanol–water partition coefficient (Wildman–Crippen LogP) is 0.773. The first-order valence-electron chi connectivity index (χ1n) is 5.21. The van der Waals surface area contributed by atoms with Crippen LogP contribution in [0.25, 0.3) is 11.2 Å². The number of nitrogen functional groups attached to an aromatic ring is 1. The van der Waals surface area contributed by atoms with E-state index in [0.29, 0.717) is 17.0 Å². The molecule has 0 spiro atoms. The summed E-state index contributed by atoms with van der Waals surface area (Å²) >= 11 is 3.32. The molecule has 1 atom stereocenters. The van der Waals surface area contributed by atoms with Crippen LogP contribution in [0.2, 0.25) is 0 Å². The van der Waals surface area contributed by atoms with Gasteiger partial charge in [0.25, 0.3) is 5.56 Å². The van der Waals surface area contributed by atoms with Crippen LogP contribution < -0.4 is 11.3 Å². The Morgan fingerprint density at radius 3 is 3.06 bits per heavy atom. The summed E-state index contributed by atoms with van der Waals surface area (Å²) in [7, 11) is 0. The fourth-order valence-electron chi connectivity index (χ4n) is 1.99. The third kappa shape index (κ3) is 1.64. The molecular weight excluding hydrogens is 290 g/mol. The molecule has 3 N–H and O–H groups in total. The van der Waals surface area contributed by atoms with Crippen LogP contribution in [-0.2, 0) is 4.74 Å². The number of H-pyrrole nitrogens is 1. The summed E-state index contributed by atoms with van der Waals surface area (Å²) in [5.74, 6) is 0.0779. The summed E-state index contributed by atoms with van der Waals surface area (Å²) in [6, 6.07) is 0. The average Bonchev–Trinajstić information content (AvgIpc) is 2.84. The number of halogens is 1. The molecule has 0 amide bonds. The van der Waals surface area contributed by atoms with Gasteiger partial charge in [-0.3, -0.25) is 14.3 Å². The van der Waals surface area contributed by atoms with Crippen LogP contribution in [-0.4, -0.2) is 26.1 Å². The number of ether oxygens (including phenoxy) is 1. The summed E-state index contributed by atoms with van der Waals surface area (Å²) in [4.78, 5) is 22.3.